The lowest BCUT2D eigenvalue weighted by atomic mass is 9.97. The van der Waals surface area contributed by atoms with E-state index in [0.717, 1.165) is 37.5 Å². The second kappa shape index (κ2) is 28.4. The lowest BCUT2D eigenvalue weighted by Crippen LogP contribution is -2.69. The second-order valence-electron chi connectivity index (χ2n) is 21.0. The molecular weight excluding hydrogens is 1040 g/mol. The summed E-state index contributed by atoms with van der Waals surface area (Å²) in [6.07, 6.45) is -8.76. The molecule has 12 nitrogen and oxygen atoms in total. The standard InChI is InChI=1S/C66H72O12SSi/c1-47(67)75-58-56(78-65(79-53-35-21-10-22-36-53)63(72-44-52-33-19-9-20-34-52)61(58)70-42-50-29-15-7-16-30-50)45-73-64-62(71-43-51-31-17-8-18-32-51)60(69-41-49-27-13-6-14-28-49)59(76-48(2)68)57(77-64)46-74-80(66(3,4)5,54-37-23-11-24-38-54)55-39-25-12-26-40-55/h6-40,56-65H,41-46H2,1-5H3. The van der Waals surface area contributed by atoms with E-state index < -0.39 is 85.9 Å². The highest BCUT2D eigenvalue weighted by Gasteiger charge is 2.56. The third-order valence-electron chi connectivity index (χ3n) is 14.2. The van der Waals surface area contributed by atoms with Crippen LogP contribution in [0, 0.1) is 0 Å². The van der Waals surface area contributed by atoms with Crippen LogP contribution in [0.15, 0.2) is 217 Å². The summed E-state index contributed by atoms with van der Waals surface area (Å²) in [5, 5.41) is 1.73. The van der Waals surface area contributed by atoms with E-state index in [-0.39, 0.29) is 39.6 Å². The molecule has 0 amide bonds. The van der Waals surface area contributed by atoms with Crippen LogP contribution in [0.3, 0.4) is 0 Å². The summed E-state index contributed by atoms with van der Waals surface area (Å²) in [5.41, 5.74) is 2.97. The monoisotopic (exact) mass is 1120 g/mol. The molecule has 0 spiro atoms. The van der Waals surface area contributed by atoms with E-state index in [2.05, 4.69) is 45.0 Å². The molecule has 0 N–H and O–H groups in total. The molecule has 9 rings (SSSR count). The van der Waals surface area contributed by atoms with Crippen molar-refractivity contribution in [3.63, 3.8) is 0 Å². The van der Waals surface area contributed by atoms with Crippen LogP contribution in [-0.4, -0.2) is 94.0 Å². The number of benzene rings is 7. The van der Waals surface area contributed by atoms with Crippen LogP contribution in [0.5, 0.6) is 0 Å². The molecule has 2 aliphatic heterocycles. The van der Waals surface area contributed by atoms with Gasteiger partial charge in [0.05, 0.1) is 39.6 Å². The Bertz CT molecular complexity index is 2900. The van der Waals surface area contributed by atoms with Gasteiger partial charge in [0.2, 0.25) is 0 Å². The average molecular weight is 1120 g/mol. The fourth-order valence-corrected chi connectivity index (χ4v) is 16.2. The minimum absolute atomic E-state index is 0.0245. The van der Waals surface area contributed by atoms with Crippen LogP contribution < -0.4 is 10.4 Å². The summed E-state index contributed by atoms with van der Waals surface area (Å²) in [6, 6.07) is 69.9. The summed E-state index contributed by atoms with van der Waals surface area (Å²) >= 11 is 1.48. The smallest absolute Gasteiger partial charge is 0.303 e. The van der Waals surface area contributed by atoms with E-state index >= 15 is 0 Å². The first-order valence-electron chi connectivity index (χ1n) is 27.3. The number of carbonyl (C=O) groups is 2. The summed E-state index contributed by atoms with van der Waals surface area (Å²) in [6.45, 7) is 9.87. The van der Waals surface area contributed by atoms with Gasteiger partial charge in [-0.1, -0.05) is 233 Å². The summed E-state index contributed by atoms with van der Waals surface area (Å²) in [7, 11) is -3.21. The zero-order valence-corrected chi connectivity index (χ0v) is 47.8. The first kappa shape index (κ1) is 58.4. The highest BCUT2D eigenvalue weighted by atomic mass is 32.2. The summed E-state index contributed by atoms with van der Waals surface area (Å²) < 4.78 is 69.4. The molecule has 2 saturated heterocycles. The van der Waals surface area contributed by atoms with Crippen LogP contribution in [0.4, 0.5) is 0 Å². The Labute approximate surface area is 476 Å². The van der Waals surface area contributed by atoms with Crippen LogP contribution in [0.1, 0.15) is 56.9 Å². The molecule has 10 unspecified atom stereocenters. The first-order valence-corrected chi connectivity index (χ1v) is 30.1. The van der Waals surface area contributed by atoms with Crippen molar-refractivity contribution in [3.05, 3.63) is 235 Å². The van der Waals surface area contributed by atoms with Crippen molar-refractivity contribution >= 4 is 42.4 Å². The SMILES string of the molecule is CC(=O)OC1C(CO[Si](c2ccccc2)(c2ccccc2)C(C)(C)C)OC(OCC2OC(Sc3ccccc3)C(OCc3ccccc3)C(OCc3ccccc3)C2OC(C)=O)C(OCc2ccccc2)C1OCc1ccccc1. The van der Waals surface area contributed by atoms with E-state index in [4.69, 9.17) is 47.1 Å². The molecule has 0 aliphatic carbocycles. The van der Waals surface area contributed by atoms with Gasteiger partial charge in [-0.25, -0.2) is 0 Å². The molecule has 2 fully saturated rings. The second-order valence-corrected chi connectivity index (χ2v) is 26.5. The summed E-state index contributed by atoms with van der Waals surface area (Å²) in [5.74, 6) is -1.07. The van der Waals surface area contributed by atoms with E-state index in [9.17, 15) is 9.59 Å². The Morgan fingerprint density at radius 3 is 1.18 bits per heavy atom. The number of hydrogen-bond donors (Lipinski definition) is 0. The van der Waals surface area contributed by atoms with Gasteiger partial charge in [-0.15, -0.1) is 0 Å². The fourth-order valence-electron chi connectivity index (χ4n) is 10.5. The number of ether oxygens (including phenoxy) is 9. The highest BCUT2D eigenvalue weighted by molar-refractivity contribution is 7.99. The van der Waals surface area contributed by atoms with Crippen molar-refractivity contribution in [2.45, 2.75) is 132 Å². The summed E-state index contributed by atoms with van der Waals surface area (Å²) in [4.78, 5) is 27.8. The van der Waals surface area contributed by atoms with E-state index in [0.29, 0.717) is 0 Å². The van der Waals surface area contributed by atoms with Gasteiger partial charge < -0.3 is 47.1 Å². The Hall–Kier alpha value is -6.27. The molecule has 80 heavy (non-hydrogen) atoms. The number of carbonyl (C=O) groups excluding carboxylic acids is 2. The molecule has 0 bridgehead atoms. The average Bonchev–Trinajstić information content (AvgIpc) is 3.49. The Kier molecular flexibility index (Phi) is 20.7. The normalized spacial score (nSPS) is 23.2. The van der Waals surface area contributed by atoms with Crippen LogP contribution in [0.25, 0.3) is 0 Å². The van der Waals surface area contributed by atoms with Crippen molar-refractivity contribution in [1.29, 1.82) is 0 Å². The van der Waals surface area contributed by atoms with Gasteiger partial charge in [-0.05, 0) is 49.8 Å². The molecule has 418 valence electrons. The molecule has 0 saturated carbocycles. The molecule has 2 aliphatic rings. The quantitative estimate of drug-likeness (QED) is 0.0421. The Morgan fingerprint density at radius 1 is 0.425 bits per heavy atom. The van der Waals surface area contributed by atoms with Crippen LogP contribution in [-0.2, 0) is 83.1 Å². The molecule has 10 atom stereocenters. The predicted molar refractivity (Wildman–Crippen MR) is 310 cm³/mol. The fraction of sp³-hybridized carbons (Fsp3) is 0.333. The van der Waals surface area contributed by atoms with Crippen molar-refractivity contribution in [3.8, 4) is 0 Å². The van der Waals surface area contributed by atoms with E-state index in [1.807, 2.05) is 188 Å². The van der Waals surface area contributed by atoms with Crippen molar-refractivity contribution in [1.82, 2.24) is 0 Å². The number of thioether (sulfide) groups is 1. The van der Waals surface area contributed by atoms with Crippen LogP contribution >= 0.6 is 11.8 Å². The molecule has 7 aromatic carbocycles. The minimum atomic E-state index is -3.21. The zero-order valence-electron chi connectivity index (χ0n) is 46.0. The maximum atomic E-state index is 13.5. The van der Waals surface area contributed by atoms with Gasteiger partial charge in [0.15, 0.2) is 18.5 Å². The minimum Gasteiger partial charge on any atom is -0.457 e. The Balaban J connectivity index is 1.12. The van der Waals surface area contributed by atoms with Gasteiger partial charge in [0.1, 0.15) is 42.1 Å². The van der Waals surface area contributed by atoms with Gasteiger partial charge in [-0.2, -0.15) is 0 Å². The number of hydrogen-bond acceptors (Lipinski definition) is 13. The maximum absolute atomic E-state index is 13.5. The molecule has 2 heterocycles. The van der Waals surface area contributed by atoms with E-state index in [1.54, 1.807) is 0 Å². The molecular formula is C66H72O12SSi. The van der Waals surface area contributed by atoms with Crippen molar-refractivity contribution in [2.24, 2.45) is 0 Å². The van der Waals surface area contributed by atoms with Gasteiger partial charge in [0, 0.05) is 18.7 Å². The maximum Gasteiger partial charge on any atom is 0.303 e. The zero-order chi connectivity index (χ0) is 55.7. The topological polar surface area (TPSA) is 126 Å². The van der Waals surface area contributed by atoms with E-state index in [1.165, 1.54) is 25.6 Å². The number of rotatable bonds is 24. The lowest BCUT2D eigenvalue weighted by Gasteiger charge is -2.48. The number of esters is 2. The third-order valence-corrected chi connectivity index (χ3v) is 20.4. The molecule has 7 aromatic rings. The molecule has 14 heteroatoms. The van der Waals surface area contributed by atoms with Gasteiger partial charge >= 0.3 is 11.9 Å². The largest absolute Gasteiger partial charge is 0.457 e. The third kappa shape index (κ3) is 15.2. The highest BCUT2D eigenvalue weighted by Crippen LogP contribution is 2.41. The van der Waals surface area contributed by atoms with Gasteiger partial charge in [0.25, 0.3) is 8.32 Å². The predicted octanol–water partition coefficient (Wildman–Crippen LogP) is 11.0. The van der Waals surface area contributed by atoms with Crippen molar-refractivity contribution in [2.75, 3.05) is 13.2 Å². The Morgan fingerprint density at radius 2 is 0.775 bits per heavy atom. The van der Waals surface area contributed by atoms with Crippen LogP contribution in [0.2, 0.25) is 5.04 Å². The first-order chi connectivity index (χ1) is 38.9. The lowest BCUT2D eigenvalue weighted by molar-refractivity contribution is -0.329. The van der Waals surface area contributed by atoms with Crippen molar-refractivity contribution < 1.29 is 56.6 Å². The molecule has 0 radical (unpaired) electrons. The molecule has 0 aromatic heterocycles. The van der Waals surface area contributed by atoms with Gasteiger partial charge in [-0.3, -0.25) is 9.59 Å².